The van der Waals surface area contributed by atoms with E-state index in [4.69, 9.17) is 21.3 Å². The highest BCUT2D eigenvalue weighted by atomic mass is 35.5. The molecule has 1 saturated heterocycles. The monoisotopic (exact) mass is 377 g/mol. The van der Waals surface area contributed by atoms with Crippen LogP contribution in [-0.2, 0) is 6.61 Å². The molecule has 3 heterocycles. The van der Waals surface area contributed by atoms with Crippen molar-refractivity contribution in [1.82, 2.24) is 9.88 Å². The Bertz CT molecular complexity index is 798. The summed E-state index contributed by atoms with van der Waals surface area (Å²) < 4.78 is 5.88. The van der Waals surface area contributed by atoms with Gasteiger partial charge in [0.25, 0.3) is 0 Å². The number of ether oxygens (including phenoxy) is 1. The minimum absolute atomic E-state index is 0.185. The van der Waals surface area contributed by atoms with E-state index in [2.05, 4.69) is 43.7 Å². The maximum absolute atomic E-state index is 6.11. The lowest BCUT2D eigenvalue weighted by Gasteiger charge is -2.36. The Morgan fingerprint density at radius 3 is 2.92 bits per heavy atom. The first-order valence-corrected chi connectivity index (χ1v) is 9.92. The molecular weight excluding hydrogens is 354 g/mol. The van der Waals surface area contributed by atoms with E-state index in [1.165, 1.54) is 12.0 Å². The van der Waals surface area contributed by atoms with Gasteiger partial charge < -0.3 is 9.64 Å². The Kier molecular flexibility index (Phi) is 4.21. The number of anilines is 1. The smallest absolute Gasteiger partial charge is 0.234 e. The highest BCUT2D eigenvalue weighted by Crippen LogP contribution is 2.45. The van der Waals surface area contributed by atoms with Gasteiger partial charge in [-0.05, 0) is 51.9 Å². The van der Waals surface area contributed by atoms with Crippen LogP contribution in [0, 0.1) is 0 Å². The summed E-state index contributed by atoms with van der Waals surface area (Å²) in [5, 5.41) is 1.82. The first-order valence-electron chi connectivity index (χ1n) is 8.73. The fourth-order valence-electron chi connectivity index (χ4n) is 3.53. The summed E-state index contributed by atoms with van der Waals surface area (Å²) >= 11 is 7.84. The summed E-state index contributed by atoms with van der Waals surface area (Å²) in [5.74, 6) is 0.766. The molecule has 0 amide bonds. The molecule has 0 bridgehead atoms. The first-order chi connectivity index (χ1) is 11.8. The summed E-state index contributed by atoms with van der Waals surface area (Å²) in [6.07, 6.45) is 1.17. The van der Waals surface area contributed by atoms with Crippen LogP contribution in [0.5, 0.6) is 5.88 Å². The van der Waals surface area contributed by atoms with Crippen molar-refractivity contribution in [2.45, 2.75) is 45.4 Å². The number of hydrogen-bond acceptors (Lipinski definition) is 5. The molecule has 4 nitrogen and oxygen atoms in total. The van der Waals surface area contributed by atoms with Gasteiger partial charge in [0.15, 0.2) is 5.13 Å². The van der Waals surface area contributed by atoms with E-state index >= 15 is 0 Å². The van der Waals surface area contributed by atoms with Crippen molar-refractivity contribution < 1.29 is 4.74 Å². The van der Waals surface area contributed by atoms with Crippen molar-refractivity contribution in [1.29, 1.82) is 0 Å². The molecule has 1 unspecified atom stereocenters. The zero-order valence-electron chi connectivity index (χ0n) is 15.2. The fraction of sp³-hybridized carbons (Fsp3) is 0.526. The quantitative estimate of drug-likeness (QED) is 0.760. The minimum Gasteiger partial charge on any atom is -0.472 e. The Morgan fingerprint density at radius 2 is 2.16 bits per heavy atom. The van der Waals surface area contributed by atoms with Gasteiger partial charge >= 0.3 is 0 Å². The number of rotatable bonds is 2. The van der Waals surface area contributed by atoms with Crippen molar-refractivity contribution in [3.8, 4) is 16.3 Å². The normalized spacial score (nSPS) is 19.8. The fourth-order valence-corrected chi connectivity index (χ4v) is 4.83. The average molecular weight is 378 g/mol. The summed E-state index contributed by atoms with van der Waals surface area (Å²) in [6, 6.07) is 6.58. The number of aromatic nitrogens is 1. The Labute approximate surface area is 158 Å². The van der Waals surface area contributed by atoms with Gasteiger partial charge in [0.05, 0.1) is 0 Å². The number of likely N-dealkylation sites (N-methyl/N-ethyl adjacent to an activating group) is 1. The van der Waals surface area contributed by atoms with Crippen LogP contribution in [-0.4, -0.2) is 41.6 Å². The lowest BCUT2D eigenvalue weighted by molar-refractivity contribution is 0.127. The summed E-state index contributed by atoms with van der Waals surface area (Å²) in [5.41, 5.74) is 2.53. The molecule has 2 aliphatic rings. The van der Waals surface area contributed by atoms with Gasteiger partial charge in [-0.15, -0.1) is 0 Å². The molecule has 0 radical (unpaired) electrons. The van der Waals surface area contributed by atoms with Crippen LogP contribution >= 0.6 is 22.9 Å². The summed E-state index contributed by atoms with van der Waals surface area (Å²) in [6.45, 7) is 9.43. The van der Waals surface area contributed by atoms with Gasteiger partial charge in [0, 0.05) is 35.3 Å². The molecule has 4 rings (SSSR count). The average Bonchev–Trinajstić information content (AvgIpc) is 3.19. The van der Waals surface area contributed by atoms with Gasteiger partial charge in [-0.2, -0.15) is 4.98 Å². The number of nitrogens with zero attached hydrogens (tertiary/aromatic N) is 3. The molecule has 134 valence electrons. The van der Waals surface area contributed by atoms with Crippen LogP contribution in [0.4, 0.5) is 5.13 Å². The Hall–Kier alpha value is -1.30. The largest absolute Gasteiger partial charge is 0.472 e. The van der Waals surface area contributed by atoms with Crippen molar-refractivity contribution in [3.63, 3.8) is 0 Å². The SMILES string of the molecule is CN(C1CCN(c2nc3c(s2)-c2ccc(Cl)cc2CO3)C1)C(C)(C)C. The predicted molar refractivity (Wildman–Crippen MR) is 105 cm³/mol. The molecule has 1 fully saturated rings. The van der Waals surface area contributed by atoms with Gasteiger partial charge in [-0.25, -0.2) is 0 Å². The molecule has 2 aliphatic heterocycles. The van der Waals surface area contributed by atoms with E-state index in [9.17, 15) is 0 Å². The highest BCUT2D eigenvalue weighted by Gasteiger charge is 2.33. The number of hydrogen-bond donors (Lipinski definition) is 0. The molecule has 0 N–H and O–H groups in total. The van der Waals surface area contributed by atoms with Gasteiger partial charge in [-0.3, -0.25) is 4.90 Å². The summed E-state index contributed by atoms with van der Waals surface area (Å²) in [4.78, 5) is 10.8. The van der Waals surface area contributed by atoms with Crippen LogP contribution in [0.25, 0.3) is 10.4 Å². The number of halogens is 1. The van der Waals surface area contributed by atoms with Crippen LogP contribution in [0.1, 0.15) is 32.8 Å². The minimum atomic E-state index is 0.185. The number of thiazole rings is 1. The van der Waals surface area contributed by atoms with E-state index in [0.29, 0.717) is 12.6 Å². The van der Waals surface area contributed by atoms with Gasteiger partial charge in [0.2, 0.25) is 5.88 Å². The van der Waals surface area contributed by atoms with E-state index in [1.807, 2.05) is 12.1 Å². The molecular formula is C19H24ClN3OS. The molecule has 25 heavy (non-hydrogen) atoms. The van der Waals surface area contributed by atoms with E-state index in [1.54, 1.807) is 11.3 Å². The molecule has 0 saturated carbocycles. The zero-order chi connectivity index (χ0) is 17.8. The topological polar surface area (TPSA) is 28.6 Å². The van der Waals surface area contributed by atoms with Crippen molar-refractivity contribution in [2.24, 2.45) is 0 Å². The maximum atomic E-state index is 6.11. The highest BCUT2D eigenvalue weighted by molar-refractivity contribution is 7.19. The molecule has 1 aromatic carbocycles. The van der Waals surface area contributed by atoms with E-state index < -0.39 is 0 Å². The lowest BCUT2D eigenvalue weighted by atomic mass is 10.0. The molecule has 6 heteroatoms. The second-order valence-electron chi connectivity index (χ2n) is 7.89. The third-order valence-electron chi connectivity index (χ3n) is 5.30. The van der Waals surface area contributed by atoms with Crippen molar-refractivity contribution in [2.75, 3.05) is 25.0 Å². The van der Waals surface area contributed by atoms with Crippen molar-refractivity contribution >= 4 is 28.1 Å². The van der Waals surface area contributed by atoms with Crippen molar-refractivity contribution in [3.05, 3.63) is 28.8 Å². The van der Waals surface area contributed by atoms with Gasteiger partial charge in [-0.1, -0.05) is 29.0 Å². The molecule has 0 aliphatic carbocycles. The lowest BCUT2D eigenvalue weighted by Crippen LogP contribution is -2.46. The van der Waals surface area contributed by atoms with E-state index in [0.717, 1.165) is 39.6 Å². The number of benzene rings is 1. The van der Waals surface area contributed by atoms with Crippen LogP contribution in [0.3, 0.4) is 0 Å². The predicted octanol–water partition coefficient (Wildman–Crippen LogP) is 4.66. The molecule has 2 aromatic rings. The summed E-state index contributed by atoms with van der Waals surface area (Å²) in [7, 11) is 2.23. The zero-order valence-corrected chi connectivity index (χ0v) is 16.7. The Balaban J connectivity index is 1.58. The van der Waals surface area contributed by atoms with Crippen LogP contribution < -0.4 is 9.64 Å². The van der Waals surface area contributed by atoms with Crippen LogP contribution in [0.15, 0.2) is 18.2 Å². The third kappa shape index (κ3) is 3.14. The molecule has 0 spiro atoms. The standard InChI is InChI=1S/C19H24ClN3OS/c1-19(2,3)22(4)14-7-8-23(10-14)18-21-17-16(25-18)15-6-5-13(20)9-12(15)11-24-17/h5-6,9,14H,7-8,10-11H2,1-4H3. The second kappa shape index (κ2) is 6.15. The molecule has 1 aromatic heterocycles. The van der Waals surface area contributed by atoms with E-state index in [-0.39, 0.29) is 5.54 Å². The maximum Gasteiger partial charge on any atom is 0.234 e. The second-order valence-corrected chi connectivity index (χ2v) is 9.31. The first kappa shape index (κ1) is 17.1. The van der Waals surface area contributed by atoms with Gasteiger partial charge in [0.1, 0.15) is 11.5 Å². The molecule has 1 atom stereocenters. The van der Waals surface area contributed by atoms with Crippen LogP contribution in [0.2, 0.25) is 5.02 Å². The third-order valence-corrected chi connectivity index (χ3v) is 6.67. The Morgan fingerprint density at radius 1 is 1.36 bits per heavy atom. The number of fused-ring (bicyclic) bond motifs is 3.